The van der Waals surface area contributed by atoms with Gasteiger partial charge in [-0.1, -0.05) is 0 Å². The number of aromatic nitrogens is 2. The summed E-state index contributed by atoms with van der Waals surface area (Å²) in [4.78, 5) is 0. The molecule has 4 nitrogen and oxygen atoms in total. The lowest BCUT2D eigenvalue weighted by molar-refractivity contribution is -0.00400. The summed E-state index contributed by atoms with van der Waals surface area (Å²) in [5, 5.41) is 4.29. The molecule has 5 heteroatoms. The minimum Gasteiger partial charge on any atom is -0.373 e. The summed E-state index contributed by atoms with van der Waals surface area (Å²) in [5.41, 5.74) is 7.12. The molecule has 2 atom stereocenters. The molecule has 0 aromatic carbocycles. The van der Waals surface area contributed by atoms with E-state index in [1.165, 1.54) is 0 Å². The second-order valence-corrected chi connectivity index (χ2v) is 5.29. The minimum atomic E-state index is -0.254. The maximum atomic E-state index is 6.34. The van der Waals surface area contributed by atoms with E-state index in [0.29, 0.717) is 0 Å². The highest BCUT2D eigenvalue weighted by Gasteiger charge is 2.39. The zero-order valence-electron chi connectivity index (χ0n) is 9.74. The van der Waals surface area contributed by atoms with Gasteiger partial charge in [-0.25, -0.2) is 0 Å². The van der Waals surface area contributed by atoms with E-state index in [0.717, 1.165) is 36.2 Å². The van der Waals surface area contributed by atoms with Crippen LogP contribution >= 0.6 is 15.9 Å². The third kappa shape index (κ3) is 1.92. The van der Waals surface area contributed by atoms with Gasteiger partial charge in [0.25, 0.3) is 0 Å². The Hall–Kier alpha value is -0.390. The molecule has 1 aromatic rings. The third-order valence-electron chi connectivity index (χ3n) is 3.33. The van der Waals surface area contributed by atoms with Crippen molar-refractivity contribution >= 4 is 15.9 Å². The van der Waals surface area contributed by atoms with Gasteiger partial charge in [-0.15, -0.1) is 0 Å². The van der Waals surface area contributed by atoms with E-state index >= 15 is 0 Å². The topological polar surface area (TPSA) is 53.1 Å². The zero-order chi connectivity index (χ0) is 11.8. The number of halogens is 1. The molecule has 2 rings (SSSR count). The first kappa shape index (κ1) is 12.1. The Morgan fingerprint density at radius 2 is 2.50 bits per heavy atom. The molecule has 2 N–H and O–H groups in total. The second-order valence-electron chi connectivity index (χ2n) is 4.44. The van der Waals surface area contributed by atoms with Crippen molar-refractivity contribution in [2.75, 3.05) is 6.61 Å². The van der Waals surface area contributed by atoms with Crippen molar-refractivity contribution < 1.29 is 4.74 Å². The van der Waals surface area contributed by atoms with E-state index in [1.807, 2.05) is 4.68 Å². The molecule has 1 aromatic heterocycles. The van der Waals surface area contributed by atoms with Gasteiger partial charge in [0, 0.05) is 13.2 Å². The Bertz CT molecular complexity index is 371. The maximum Gasteiger partial charge on any atom is 0.0862 e. The highest BCUT2D eigenvalue weighted by molar-refractivity contribution is 9.10. The van der Waals surface area contributed by atoms with E-state index in [2.05, 4.69) is 34.9 Å². The van der Waals surface area contributed by atoms with Crippen LogP contribution in [0.25, 0.3) is 0 Å². The molecule has 90 valence electrons. The smallest absolute Gasteiger partial charge is 0.0862 e. The average molecular weight is 288 g/mol. The number of rotatable bonds is 3. The maximum absolute atomic E-state index is 6.34. The molecule has 0 amide bonds. The van der Waals surface area contributed by atoms with Gasteiger partial charge >= 0.3 is 0 Å². The molecule has 1 fully saturated rings. The largest absolute Gasteiger partial charge is 0.373 e. The van der Waals surface area contributed by atoms with Crippen LogP contribution in [0.2, 0.25) is 0 Å². The first-order valence-electron chi connectivity index (χ1n) is 5.69. The van der Waals surface area contributed by atoms with Crippen molar-refractivity contribution in [3.8, 4) is 0 Å². The Balaban J connectivity index is 2.32. The van der Waals surface area contributed by atoms with Crippen molar-refractivity contribution in [2.45, 2.75) is 44.9 Å². The van der Waals surface area contributed by atoms with E-state index in [4.69, 9.17) is 10.5 Å². The fraction of sp³-hybridized carbons (Fsp3) is 0.727. The molecule has 0 saturated carbocycles. The van der Waals surface area contributed by atoms with Gasteiger partial charge in [-0.2, -0.15) is 5.10 Å². The number of aryl methyl sites for hydroxylation is 1. The van der Waals surface area contributed by atoms with Crippen molar-refractivity contribution in [1.29, 1.82) is 0 Å². The molecule has 2 unspecified atom stereocenters. The van der Waals surface area contributed by atoms with Crippen molar-refractivity contribution in [1.82, 2.24) is 9.78 Å². The minimum absolute atomic E-state index is 0.133. The Morgan fingerprint density at radius 3 is 3.06 bits per heavy atom. The standard InChI is InChI=1S/C11H18BrN3O/c1-3-15-9(8(12)7-14-15)10(13)11(2)5-4-6-16-11/h7,10H,3-6,13H2,1-2H3. The van der Waals surface area contributed by atoms with Crippen LogP contribution in [-0.4, -0.2) is 22.0 Å². The summed E-state index contributed by atoms with van der Waals surface area (Å²) in [6, 6.07) is -0.133. The van der Waals surface area contributed by atoms with E-state index in [-0.39, 0.29) is 11.6 Å². The summed E-state index contributed by atoms with van der Waals surface area (Å²) >= 11 is 3.51. The summed E-state index contributed by atoms with van der Waals surface area (Å²) in [6.45, 7) is 5.78. The molecule has 1 aliphatic heterocycles. The van der Waals surface area contributed by atoms with E-state index in [9.17, 15) is 0 Å². The molecule has 0 radical (unpaired) electrons. The highest BCUT2D eigenvalue weighted by atomic mass is 79.9. The summed E-state index contributed by atoms with van der Waals surface area (Å²) in [6.07, 6.45) is 3.90. The average Bonchev–Trinajstić information content (AvgIpc) is 2.85. The zero-order valence-corrected chi connectivity index (χ0v) is 11.3. The normalized spacial score (nSPS) is 27.2. The van der Waals surface area contributed by atoms with Crippen LogP contribution in [0.1, 0.15) is 38.4 Å². The van der Waals surface area contributed by atoms with E-state index in [1.54, 1.807) is 6.20 Å². The highest BCUT2D eigenvalue weighted by Crippen LogP contribution is 2.38. The van der Waals surface area contributed by atoms with Crippen LogP contribution in [0, 0.1) is 0 Å². The Labute approximate surface area is 104 Å². The van der Waals surface area contributed by atoms with Gasteiger partial charge in [-0.3, -0.25) is 4.68 Å². The van der Waals surface area contributed by atoms with Gasteiger partial charge in [0.2, 0.25) is 0 Å². The second kappa shape index (κ2) is 4.47. The number of ether oxygens (including phenoxy) is 1. The first-order chi connectivity index (χ1) is 7.58. The molecule has 0 aliphatic carbocycles. The van der Waals surface area contributed by atoms with Crippen LogP contribution < -0.4 is 5.73 Å². The van der Waals surface area contributed by atoms with Crippen molar-refractivity contribution in [3.63, 3.8) is 0 Å². The number of nitrogens with two attached hydrogens (primary N) is 1. The first-order valence-corrected chi connectivity index (χ1v) is 6.48. The van der Waals surface area contributed by atoms with E-state index < -0.39 is 0 Å². The summed E-state index contributed by atoms with van der Waals surface area (Å²) < 4.78 is 8.70. The van der Waals surface area contributed by atoms with Crippen LogP contribution in [0.3, 0.4) is 0 Å². The van der Waals surface area contributed by atoms with Crippen LogP contribution in [0.15, 0.2) is 10.7 Å². The molecular weight excluding hydrogens is 270 g/mol. The third-order valence-corrected chi connectivity index (χ3v) is 3.95. The molecule has 1 saturated heterocycles. The molecule has 0 bridgehead atoms. The van der Waals surface area contributed by atoms with Crippen LogP contribution in [0.4, 0.5) is 0 Å². The van der Waals surface area contributed by atoms with Crippen molar-refractivity contribution in [3.05, 3.63) is 16.4 Å². The lowest BCUT2D eigenvalue weighted by Gasteiger charge is -2.31. The molecule has 1 aliphatic rings. The molecular formula is C11H18BrN3O. The van der Waals surface area contributed by atoms with Crippen LogP contribution in [0.5, 0.6) is 0 Å². The quantitative estimate of drug-likeness (QED) is 0.928. The SMILES string of the molecule is CCn1ncc(Br)c1C(N)C1(C)CCCO1. The fourth-order valence-electron chi connectivity index (χ4n) is 2.27. The van der Waals surface area contributed by atoms with Gasteiger partial charge in [0.15, 0.2) is 0 Å². The summed E-state index contributed by atoms with van der Waals surface area (Å²) in [5.74, 6) is 0. The van der Waals surface area contributed by atoms with Gasteiger partial charge in [0.05, 0.1) is 28.0 Å². The monoisotopic (exact) mass is 287 g/mol. The summed E-state index contributed by atoms with van der Waals surface area (Å²) in [7, 11) is 0. The Kier molecular flexibility index (Phi) is 3.37. The predicted molar refractivity (Wildman–Crippen MR) is 66.1 cm³/mol. The fourth-order valence-corrected chi connectivity index (χ4v) is 2.81. The van der Waals surface area contributed by atoms with Gasteiger partial charge in [0.1, 0.15) is 0 Å². The Morgan fingerprint density at radius 1 is 1.75 bits per heavy atom. The van der Waals surface area contributed by atoms with Gasteiger partial charge in [-0.05, 0) is 42.6 Å². The van der Waals surface area contributed by atoms with Crippen LogP contribution in [-0.2, 0) is 11.3 Å². The number of hydrogen-bond donors (Lipinski definition) is 1. The molecule has 2 heterocycles. The number of nitrogens with zero attached hydrogens (tertiary/aromatic N) is 2. The molecule has 0 spiro atoms. The van der Waals surface area contributed by atoms with Crippen molar-refractivity contribution in [2.24, 2.45) is 5.73 Å². The lowest BCUT2D eigenvalue weighted by Crippen LogP contribution is -2.39. The molecule has 16 heavy (non-hydrogen) atoms. The lowest BCUT2D eigenvalue weighted by atomic mass is 9.91. The van der Waals surface area contributed by atoms with Gasteiger partial charge < -0.3 is 10.5 Å². The number of hydrogen-bond acceptors (Lipinski definition) is 3. The predicted octanol–water partition coefficient (Wildman–Crippen LogP) is 2.23.